The average Bonchev–Trinajstić information content (AvgIpc) is 2.03. The molecular formula is C7H3ClFNO3. The zero-order valence-electron chi connectivity index (χ0n) is 6.16. The largest absolute Gasteiger partial charge is 0.305 e. The molecule has 0 bridgehead atoms. The first-order valence-corrected chi connectivity index (χ1v) is 3.54. The molecule has 0 saturated carbocycles. The zero-order chi connectivity index (χ0) is 10.0. The number of hydrogen-bond donors (Lipinski definition) is 0. The number of nitro benzene ring substituents is 1. The molecule has 1 rings (SSSR count). The standard InChI is InChI=1S/C7H3ClFNO3/c8-7(11)4-2-1-3-5(6(4)9)10(12)13/h1-3H. The predicted molar refractivity (Wildman–Crippen MR) is 43.2 cm³/mol. The van der Waals surface area contributed by atoms with E-state index in [9.17, 15) is 19.3 Å². The third-order valence-electron chi connectivity index (χ3n) is 1.39. The quantitative estimate of drug-likeness (QED) is 0.420. The van der Waals surface area contributed by atoms with E-state index in [2.05, 4.69) is 0 Å². The van der Waals surface area contributed by atoms with Crippen molar-refractivity contribution in [2.24, 2.45) is 0 Å². The fraction of sp³-hybridized carbons (Fsp3) is 0. The van der Waals surface area contributed by atoms with E-state index in [0.717, 1.165) is 12.1 Å². The number of nitrogens with zero attached hydrogens (tertiary/aromatic N) is 1. The summed E-state index contributed by atoms with van der Waals surface area (Å²) in [5.41, 5.74) is -1.25. The first kappa shape index (κ1) is 9.60. The molecule has 4 nitrogen and oxygen atoms in total. The summed E-state index contributed by atoms with van der Waals surface area (Å²) in [6.07, 6.45) is 0. The monoisotopic (exact) mass is 203 g/mol. The molecule has 0 N–H and O–H groups in total. The Morgan fingerprint density at radius 2 is 2.15 bits per heavy atom. The van der Waals surface area contributed by atoms with E-state index in [-0.39, 0.29) is 0 Å². The Labute approximate surface area is 77.1 Å². The van der Waals surface area contributed by atoms with Gasteiger partial charge in [0.25, 0.3) is 5.24 Å². The van der Waals surface area contributed by atoms with E-state index in [0.29, 0.717) is 0 Å². The molecule has 0 fully saturated rings. The van der Waals surface area contributed by atoms with Gasteiger partial charge >= 0.3 is 5.69 Å². The van der Waals surface area contributed by atoms with Crippen LogP contribution >= 0.6 is 11.6 Å². The highest BCUT2D eigenvalue weighted by Gasteiger charge is 2.19. The molecule has 0 unspecified atom stereocenters. The van der Waals surface area contributed by atoms with Crippen LogP contribution in [0.4, 0.5) is 10.1 Å². The molecule has 0 aliphatic carbocycles. The van der Waals surface area contributed by atoms with Gasteiger partial charge in [0.1, 0.15) is 0 Å². The third-order valence-corrected chi connectivity index (χ3v) is 1.59. The van der Waals surface area contributed by atoms with Gasteiger partial charge in [0, 0.05) is 6.07 Å². The lowest BCUT2D eigenvalue weighted by Gasteiger charge is -1.96. The average molecular weight is 204 g/mol. The maximum absolute atomic E-state index is 13.0. The summed E-state index contributed by atoms with van der Waals surface area (Å²) in [6, 6.07) is 3.23. The van der Waals surface area contributed by atoms with Crippen molar-refractivity contribution in [3.8, 4) is 0 Å². The van der Waals surface area contributed by atoms with Crippen LogP contribution in [0.3, 0.4) is 0 Å². The Morgan fingerprint density at radius 1 is 1.54 bits per heavy atom. The second-order valence-corrected chi connectivity index (χ2v) is 2.51. The Morgan fingerprint density at radius 3 is 2.62 bits per heavy atom. The van der Waals surface area contributed by atoms with Crippen LogP contribution in [0.5, 0.6) is 0 Å². The van der Waals surface area contributed by atoms with E-state index in [1.807, 2.05) is 0 Å². The van der Waals surface area contributed by atoms with Crippen molar-refractivity contribution in [1.82, 2.24) is 0 Å². The Hall–Kier alpha value is -1.49. The minimum Gasteiger partial charge on any atom is -0.275 e. The van der Waals surface area contributed by atoms with Crippen LogP contribution < -0.4 is 0 Å². The third kappa shape index (κ3) is 1.81. The van der Waals surface area contributed by atoms with Crippen LogP contribution in [-0.4, -0.2) is 10.2 Å². The molecular weight excluding hydrogens is 201 g/mol. The molecule has 0 heterocycles. The van der Waals surface area contributed by atoms with Crippen LogP contribution in [0.2, 0.25) is 0 Å². The van der Waals surface area contributed by atoms with Gasteiger partial charge in [-0.2, -0.15) is 4.39 Å². The van der Waals surface area contributed by atoms with Crippen molar-refractivity contribution < 1.29 is 14.1 Å². The van der Waals surface area contributed by atoms with Crippen LogP contribution in [-0.2, 0) is 0 Å². The van der Waals surface area contributed by atoms with Crippen LogP contribution in [0.1, 0.15) is 10.4 Å². The molecule has 13 heavy (non-hydrogen) atoms. The number of nitro groups is 1. The Kier molecular flexibility index (Phi) is 2.57. The molecule has 6 heteroatoms. The van der Waals surface area contributed by atoms with E-state index >= 15 is 0 Å². The van der Waals surface area contributed by atoms with E-state index in [1.54, 1.807) is 0 Å². The van der Waals surface area contributed by atoms with Crippen molar-refractivity contribution in [2.45, 2.75) is 0 Å². The minimum absolute atomic E-state index is 0.490. The molecule has 0 amide bonds. The van der Waals surface area contributed by atoms with Gasteiger partial charge in [0.2, 0.25) is 5.82 Å². The molecule has 0 aliphatic rings. The summed E-state index contributed by atoms with van der Waals surface area (Å²) < 4.78 is 13.0. The number of benzene rings is 1. The normalized spacial score (nSPS) is 9.69. The molecule has 0 atom stereocenters. The van der Waals surface area contributed by atoms with Crippen molar-refractivity contribution in [3.05, 3.63) is 39.7 Å². The van der Waals surface area contributed by atoms with E-state index in [4.69, 9.17) is 11.6 Å². The topological polar surface area (TPSA) is 60.2 Å². The summed E-state index contributed by atoms with van der Waals surface area (Å²) >= 11 is 4.98. The van der Waals surface area contributed by atoms with Gasteiger partial charge in [-0.05, 0) is 17.7 Å². The van der Waals surface area contributed by atoms with Gasteiger partial charge in [-0.25, -0.2) is 0 Å². The van der Waals surface area contributed by atoms with Gasteiger partial charge in [-0.3, -0.25) is 14.9 Å². The SMILES string of the molecule is O=C(Cl)c1cccc([N+](=O)[O-])c1F. The first-order valence-electron chi connectivity index (χ1n) is 3.16. The number of carbonyl (C=O) groups excluding carboxylic acids is 1. The maximum atomic E-state index is 13.0. The molecule has 68 valence electrons. The van der Waals surface area contributed by atoms with Crippen molar-refractivity contribution in [1.29, 1.82) is 0 Å². The van der Waals surface area contributed by atoms with Gasteiger partial charge in [-0.1, -0.05) is 6.07 Å². The summed E-state index contributed by atoms with van der Waals surface area (Å²) in [6.45, 7) is 0. The number of halogens is 2. The highest BCUT2D eigenvalue weighted by atomic mass is 35.5. The summed E-state index contributed by atoms with van der Waals surface area (Å²) in [5.74, 6) is -1.20. The van der Waals surface area contributed by atoms with Gasteiger partial charge in [0.05, 0.1) is 10.5 Å². The lowest BCUT2D eigenvalue weighted by Crippen LogP contribution is -1.99. The fourth-order valence-corrected chi connectivity index (χ4v) is 0.959. The molecule has 0 saturated heterocycles. The molecule has 0 aliphatic heterocycles. The van der Waals surface area contributed by atoms with E-state index in [1.165, 1.54) is 6.07 Å². The number of carbonyl (C=O) groups is 1. The fourth-order valence-electron chi connectivity index (χ4n) is 0.813. The van der Waals surface area contributed by atoms with Crippen LogP contribution in [0.25, 0.3) is 0 Å². The summed E-state index contributed by atoms with van der Waals surface area (Å²) in [7, 11) is 0. The second-order valence-electron chi connectivity index (χ2n) is 2.17. The molecule has 1 aromatic rings. The highest BCUT2D eigenvalue weighted by molar-refractivity contribution is 6.67. The second kappa shape index (κ2) is 3.49. The van der Waals surface area contributed by atoms with Crippen molar-refractivity contribution in [3.63, 3.8) is 0 Å². The summed E-state index contributed by atoms with van der Waals surface area (Å²) in [4.78, 5) is 19.8. The van der Waals surface area contributed by atoms with E-state index < -0.39 is 27.2 Å². The number of rotatable bonds is 2. The van der Waals surface area contributed by atoms with Crippen molar-refractivity contribution >= 4 is 22.5 Å². The predicted octanol–water partition coefficient (Wildman–Crippen LogP) is 2.11. The Balaban J connectivity index is 3.35. The smallest absolute Gasteiger partial charge is 0.275 e. The van der Waals surface area contributed by atoms with Crippen molar-refractivity contribution in [2.75, 3.05) is 0 Å². The van der Waals surface area contributed by atoms with Crippen LogP contribution in [0.15, 0.2) is 18.2 Å². The lowest BCUT2D eigenvalue weighted by molar-refractivity contribution is -0.387. The molecule has 0 radical (unpaired) electrons. The minimum atomic E-state index is -1.20. The Bertz CT molecular complexity index is 348. The number of hydrogen-bond acceptors (Lipinski definition) is 3. The van der Waals surface area contributed by atoms with Gasteiger partial charge < -0.3 is 0 Å². The zero-order valence-corrected chi connectivity index (χ0v) is 6.92. The molecule has 1 aromatic carbocycles. The first-order chi connectivity index (χ1) is 6.04. The molecule has 0 aromatic heterocycles. The van der Waals surface area contributed by atoms with Gasteiger partial charge in [0.15, 0.2) is 0 Å². The highest BCUT2D eigenvalue weighted by Crippen LogP contribution is 2.21. The summed E-state index contributed by atoms with van der Waals surface area (Å²) in [5, 5.41) is 9.15. The van der Waals surface area contributed by atoms with Gasteiger partial charge in [-0.15, -0.1) is 0 Å². The van der Waals surface area contributed by atoms with Crippen LogP contribution in [0, 0.1) is 15.9 Å². The maximum Gasteiger partial charge on any atom is 0.305 e. The lowest BCUT2D eigenvalue weighted by atomic mass is 10.2. The molecule has 0 spiro atoms.